The van der Waals surface area contributed by atoms with Gasteiger partial charge in [0.25, 0.3) is 5.69 Å². The van der Waals surface area contributed by atoms with Crippen LogP contribution in [0.25, 0.3) is 0 Å². The van der Waals surface area contributed by atoms with E-state index in [9.17, 15) is 10.1 Å². The summed E-state index contributed by atoms with van der Waals surface area (Å²) in [5, 5.41) is 11.0. The van der Waals surface area contributed by atoms with Crippen molar-refractivity contribution in [3.63, 3.8) is 0 Å². The van der Waals surface area contributed by atoms with E-state index in [0.29, 0.717) is 11.7 Å². The molecule has 1 fully saturated rings. The van der Waals surface area contributed by atoms with Gasteiger partial charge in [-0.25, -0.2) is 0 Å². The third-order valence-electron chi connectivity index (χ3n) is 3.81. The highest BCUT2D eigenvalue weighted by molar-refractivity contribution is 5.45. The minimum absolute atomic E-state index is 0.148. The summed E-state index contributed by atoms with van der Waals surface area (Å²) in [6.45, 7) is 4.25. The summed E-state index contributed by atoms with van der Waals surface area (Å²) >= 11 is 0. The van der Waals surface area contributed by atoms with Crippen molar-refractivity contribution in [1.29, 1.82) is 0 Å². The maximum Gasteiger partial charge on any atom is 0.273 e. The zero-order valence-corrected chi connectivity index (χ0v) is 12.3. The molecule has 4 heteroatoms. The fraction of sp³-hybridized carbons (Fsp3) is 0.625. The van der Waals surface area contributed by atoms with Gasteiger partial charge in [-0.3, -0.25) is 10.1 Å². The van der Waals surface area contributed by atoms with Crippen molar-refractivity contribution < 1.29 is 9.66 Å². The van der Waals surface area contributed by atoms with Gasteiger partial charge in [-0.15, -0.1) is 0 Å². The van der Waals surface area contributed by atoms with E-state index in [1.807, 2.05) is 6.07 Å². The smallest absolute Gasteiger partial charge is 0.273 e. The van der Waals surface area contributed by atoms with E-state index >= 15 is 0 Å². The van der Waals surface area contributed by atoms with Gasteiger partial charge in [0.2, 0.25) is 0 Å². The van der Waals surface area contributed by atoms with Crippen LogP contribution in [0.15, 0.2) is 18.2 Å². The highest BCUT2D eigenvalue weighted by Gasteiger charge is 2.26. The van der Waals surface area contributed by atoms with E-state index in [1.54, 1.807) is 12.1 Å². The Bertz CT molecular complexity index is 469. The molecule has 0 radical (unpaired) electrons. The first-order valence-electron chi connectivity index (χ1n) is 7.60. The van der Waals surface area contributed by atoms with E-state index in [-0.39, 0.29) is 16.7 Å². The van der Waals surface area contributed by atoms with E-state index < -0.39 is 0 Å². The largest absolute Gasteiger partial charge is 0.490 e. The number of nitrogens with zero attached hydrogens (tertiary/aromatic N) is 1. The Hall–Kier alpha value is -1.58. The summed E-state index contributed by atoms with van der Waals surface area (Å²) in [4.78, 5) is 10.7. The van der Waals surface area contributed by atoms with Crippen molar-refractivity contribution in [3.05, 3.63) is 33.9 Å². The predicted octanol–water partition coefficient (Wildman–Crippen LogP) is 4.82. The highest BCUT2D eigenvalue weighted by Crippen LogP contribution is 2.42. The molecular formula is C16H23NO3. The second kappa shape index (κ2) is 6.73. The number of unbranched alkanes of at least 4 members (excludes halogenated alkanes) is 1. The first-order valence-corrected chi connectivity index (χ1v) is 7.60. The molecule has 0 aliphatic heterocycles. The molecule has 1 unspecified atom stereocenters. The van der Waals surface area contributed by atoms with Crippen molar-refractivity contribution in [2.24, 2.45) is 0 Å². The molecule has 1 aliphatic carbocycles. The van der Waals surface area contributed by atoms with Crippen LogP contribution in [0.5, 0.6) is 5.75 Å². The number of benzene rings is 1. The van der Waals surface area contributed by atoms with Crippen LogP contribution in [-0.2, 0) is 0 Å². The lowest BCUT2D eigenvalue weighted by atomic mass is 10.1. The Balaban J connectivity index is 2.14. The van der Waals surface area contributed by atoms with Crippen LogP contribution in [0.1, 0.15) is 63.9 Å². The summed E-state index contributed by atoms with van der Waals surface area (Å²) in [6.07, 6.45) is 6.63. The molecule has 4 nitrogen and oxygen atoms in total. The van der Waals surface area contributed by atoms with Gasteiger partial charge in [-0.1, -0.05) is 26.7 Å². The molecule has 0 aromatic heterocycles. The van der Waals surface area contributed by atoms with Crippen LogP contribution in [0.2, 0.25) is 0 Å². The second-order valence-electron chi connectivity index (χ2n) is 5.58. The number of ether oxygens (including phenoxy) is 1. The molecule has 20 heavy (non-hydrogen) atoms. The van der Waals surface area contributed by atoms with E-state index in [2.05, 4.69) is 13.8 Å². The van der Waals surface area contributed by atoms with E-state index in [1.165, 1.54) is 0 Å². The number of rotatable bonds is 8. The molecule has 0 amide bonds. The molecule has 1 aliphatic rings. The molecule has 1 saturated carbocycles. The minimum Gasteiger partial charge on any atom is -0.490 e. The molecule has 110 valence electrons. The summed E-state index contributed by atoms with van der Waals surface area (Å²) in [5.74, 6) is 1.15. The fourth-order valence-corrected chi connectivity index (χ4v) is 2.40. The molecule has 0 N–H and O–H groups in total. The topological polar surface area (TPSA) is 52.4 Å². The molecule has 0 heterocycles. The monoisotopic (exact) mass is 277 g/mol. The third kappa shape index (κ3) is 3.95. The Labute approximate surface area is 120 Å². The molecule has 2 rings (SSSR count). The summed E-state index contributed by atoms with van der Waals surface area (Å²) < 4.78 is 5.97. The first-order chi connectivity index (χ1) is 9.63. The Morgan fingerprint density at radius 3 is 2.65 bits per heavy atom. The average Bonchev–Trinajstić information content (AvgIpc) is 3.27. The standard InChI is InChI=1S/C16H23NO3/c1-3-5-6-15(4-2)20-16-10-13(12-7-8-12)9-14(11-16)17(18)19/h9-12,15H,3-8H2,1-2H3. The van der Waals surface area contributed by atoms with Crippen LogP contribution in [0.3, 0.4) is 0 Å². The van der Waals surface area contributed by atoms with Crippen molar-refractivity contribution in [2.45, 2.75) is 64.4 Å². The van der Waals surface area contributed by atoms with E-state index in [4.69, 9.17) is 4.74 Å². The molecule has 1 aromatic rings. The van der Waals surface area contributed by atoms with Gasteiger partial charge >= 0.3 is 0 Å². The number of hydrogen-bond donors (Lipinski definition) is 0. The summed E-state index contributed by atoms with van der Waals surface area (Å²) in [7, 11) is 0. The van der Waals surface area contributed by atoms with Gasteiger partial charge in [0.1, 0.15) is 5.75 Å². The Morgan fingerprint density at radius 2 is 2.10 bits per heavy atom. The van der Waals surface area contributed by atoms with Crippen molar-refractivity contribution in [3.8, 4) is 5.75 Å². The number of nitro groups is 1. The lowest BCUT2D eigenvalue weighted by molar-refractivity contribution is -0.385. The molecule has 0 bridgehead atoms. The molecule has 0 spiro atoms. The normalized spacial score (nSPS) is 15.9. The molecule has 1 aromatic carbocycles. The second-order valence-corrected chi connectivity index (χ2v) is 5.58. The summed E-state index contributed by atoms with van der Waals surface area (Å²) in [5.41, 5.74) is 1.20. The maximum absolute atomic E-state index is 11.0. The number of hydrogen-bond acceptors (Lipinski definition) is 3. The number of nitro benzene ring substituents is 1. The molecular weight excluding hydrogens is 254 g/mol. The van der Waals surface area contributed by atoms with Crippen molar-refractivity contribution in [2.75, 3.05) is 0 Å². The van der Waals surface area contributed by atoms with Crippen LogP contribution < -0.4 is 4.74 Å². The fourth-order valence-electron chi connectivity index (χ4n) is 2.40. The van der Waals surface area contributed by atoms with E-state index in [0.717, 1.165) is 44.1 Å². The van der Waals surface area contributed by atoms with Gasteiger partial charge < -0.3 is 4.74 Å². The predicted molar refractivity (Wildman–Crippen MR) is 79.3 cm³/mol. The van der Waals surface area contributed by atoms with Crippen molar-refractivity contribution >= 4 is 5.69 Å². The molecule has 0 saturated heterocycles. The molecule has 1 atom stereocenters. The average molecular weight is 277 g/mol. The van der Waals surface area contributed by atoms with Gasteiger partial charge in [-0.05, 0) is 43.2 Å². The lowest BCUT2D eigenvalue weighted by Crippen LogP contribution is -2.15. The van der Waals surface area contributed by atoms with Crippen LogP contribution >= 0.6 is 0 Å². The first kappa shape index (κ1) is 14.8. The Kier molecular flexibility index (Phi) is 4.99. The van der Waals surface area contributed by atoms with Crippen LogP contribution in [-0.4, -0.2) is 11.0 Å². The van der Waals surface area contributed by atoms with Gasteiger partial charge in [0, 0.05) is 6.07 Å². The highest BCUT2D eigenvalue weighted by atomic mass is 16.6. The maximum atomic E-state index is 11.0. The zero-order valence-electron chi connectivity index (χ0n) is 12.3. The van der Waals surface area contributed by atoms with Gasteiger partial charge in [0.15, 0.2) is 0 Å². The summed E-state index contributed by atoms with van der Waals surface area (Å²) in [6, 6.07) is 5.23. The van der Waals surface area contributed by atoms with Crippen LogP contribution in [0.4, 0.5) is 5.69 Å². The Morgan fingerprint density at radius 1 is 1.35 bits per heavy atom. The van der Waals surface area contributed by atoms with Crippen LogP contribution in [0, 0.1) is 10.1 Å². The quantitative estimate of drug-likeness (QED) is 0.505. The van der Waals surface area contributed by atoms with Crippen molar-refractivity contribution in [1.82, 2.24) is 0 Å². The number of non-ortho nitro benzene ring substituents is 1. The SMILES string of the molecule is CCCCC(CC)Oc1cc(C2CC2)cc([N+](=O)[O-])c1. The zero-order chi connectivity index (χ0) is 14.5. The van der Waals surface area contributed by atoms with Gasteiger partial charge in [0.05, 0.1) is 17.1 Å². The minimum atomic E-state index is -0.328. The van der Waals surface area contributed by atoms with Gasteiger partial charge in [-0.2, -0.15) is 0 Å². The third-order valence-corrected chi connectivity index (χ3v) is 3.81. The lowest BCUT2D eigenvalue weighted by Gasteiger charge is -2.17.